The molecule has 6 heteroatoms. The summed E-state index contributed by atoms with van der Waals surface area (Å²) >= 11 is 5.73. The zero-order valence-corrected chi connectivity index (χ0v) is 11.3. The fourth-order valence-electron chi connectivity index (χ4n) is 1.56. The van der Waals surface area contributed by atoms with Gasteiger partial charge in [-0.3, -0.25) is 0 Å². The normalized spacial score (nSPS) is 11.6. The van der Waals surface area contributed by atoms with Gasteiger partial charge in [0.2, 0.25) is 0 Å². The largest absolute Gasteiger partial charge is 0.397 e. The summed E-state index contributed by atoms with van der Waals surface area (Å²) in [5, 5.41) is 11.7. The van der Waals surface area contributed by atoms with Crippen LogP contribution in [0.5, 0.6) is 0 Å². The zero-order chi connectivity index (χ0) is 13.9. The second kappa shape index (κ2) is 5.63. The second-order valence-electron chi connectivity index (χ2n) is 5.05. The molecule has 0 bridgehead atoms. The zero-order valence-electron chi connectivity index (χ0n) is 10.6. The maximum atomic E-state index is 13.9. The van der Waals surface area contributed by atoms with Crippen molar-refractivity contribution in [2.75, 3.05) is 29.9 Å². The third-order valence-corrected chi connectivity index (χ3v) is 3.18. The van der Waals surface area contributed by atoms with Gasteiger partial charge in [-0.1, -0.05) is 25.4 Å². The summed E-state index contributed by atoms with van der Waals surface area (Å²) in [5.74, 6) is -0.644. The second-order valence-corrected chi connectivity index (χ2v) is 5.43. The Morgan fingerprint density at radius 1 is 1.39 bits per heavy atom. The van der Waals surface area contributed by atoms with E-state index in [4.69, 9.17) is 28.2 Å². The first-order chi connectivity index (χ1) is 8.28. The number of hydrogen-bond acceptors (Lipinski definition) is 4. The molecule has 0 aromatic heterocycles. The van der Waals surface area contributed by atoms with Gasteiger partial charge in [-0.05, 0) is 17.9 Å². The summed E-state index contributed by atoms with van der Waals surface area (Å²) in [6.07, 6.45) is 0.601. The van der Waals surface area contributed by atoms with Crippen LogP contribution in [-0.4, -0.2) is 18.3 Å². The van der Waals surface area contributed by atoms with Crippen molar-refractivity contribution in [1.29, 1.82) is 0 Å². The van der Waals surface area contributed by atoms with Crippen molar-refractivity contribution >= 4 is 28.7 Å². The molecule has 6 N–H and O–H groups in total. The highest BCUT2D eigenvalue weighted by Gasteiger charge is 2.20. The van der Waals surface area contributed by atoms with Gasteiger partial charge in [-0.25, -0.2) is 4.39 Å². The Kier molecular flexibility index (Phi) is 4.65. The van der Waals surface area contributed by atoms with Crippen molar-refractivity contribution in [3.8, 4) is 0 Å². The smallest absolute Gasteiger partial charge is 0.169 e. The van der Waals surface area contributed by atoms with Crippen molar-refractivity contribution in [2.45, 2.75) is 20.3 Å². The fourth-order valence-corrected chi connectivity index (χ4v) is 1.71. The summed E-state index contributed by atoms with van der Waals surface area (Å²) < 4.78 is 13.9. The number of nitrogens with one attached hydrogen (secondary N) is 1. The standard InChI is InChI=1S/C12H19ClFN3O/c1-12(2,3-4-18)6-17-11-8(16)5-7(15)9(13)10(11)14/h5,17-18H,3-4,6,15-16H2,1-2H3. The molecule has 0 saturated heterocycles. The van der Waals surface area contributed by atoms with E-state index in [-0.39, 0.29) is 34.1 Å². The molecular formula is C12H19ClFN3O. The number of benzene rings is 1. The topological polar surface area (TPSA) is 84.3 Å². The van der Waals surface area contributed by atoms with Crippen LogP contribution in [0, 0.1) is 11.2 Å². The van der Waals surface area contributed by atoms with Crippen LogP contribution in [0.2, 0.25) is 5.02 Å². The van der Waals surface area contributed by atoms with Crippen LogP contribution in [0.4, 0.5) is 21.5 Å². The SMILES string of the molecule is CC(C)(CCO)CNc1c(N)cc(N)c(Cl)c1F. The summed E-state index contributed by atoms with van der Waals surface area (Å²) in [6, 6.07) is 1.42. The Morgan fingerprint density at radius 2 is 2.00 bits per heavy atom. The quantitative estimate of drug-likeness (QED) is 0.622. The first-order valence-corrected chi connectivity index (χ1v) is 6.04. The lowest BCUT2D eigenvalue weighted by Gasteiger charge is -2.25. The lowest BCUT2D eigenvalue weighted by atomic mass is 9.89. The molecule has 0 atom stereocenters. The lowest BCUT2D eigenvalue weighted by molar-refractivity contribution is 0.220. The molecule has 102 valence electrons. The number of nitrogens with two attached hydrogens (primary N) is 2. The number of halogens is 2. The van der Waals surface area contributed by atoms with Crippen molar-refractivity contribution < 1.29 is 9.50 Å². The van der Waals surface area contributed by atoms with Crippen molar-refractivity contribution in [3.63, 3.8) is 0 Å². The molecule has 1 rings (SSSR count). The van der Waals surface area contributed by atoms with Gasteiger partial charge in [0.05, 0.1) is 17.1 Å². The molecule has 0 aliphatic carbocycles. The number of aliphatic hydroxyl groups is 1. The van der Waals surface area contributed by atoms with E-state index in [1.807, 2.05) is 13.8 Å². The van der Waals surface area contributed by atoms with Gasteiger partial charge in [0.15, 0.2) is 5.82 Å². The Balaban J connectivity index is 2.89. The Labute approximate surface area is 111 Å². The highest BCUT2D eigenvalue weighted by Crippen LogP contribution is 2.34. The molecule has 0 unspecified atom stereocenters. The third kappa shape index (κ3) is 3.40. The molecule has 0 aliphatic heterocycles. The third-order valence-electron chi connectivity index (χ3n) is 2.80. The predicted octanol–water partition coefficient (Wildman–Crippen LogP) is 2.46. The first-order valence-electron chi connectivity index (χ1n) is 5.66. The molecule has 1 aromatic rings. The lowest BCUT2D eigenvalue weighted by Crippen LogP contribution is -2.25. The molecule has 0 heterocycles. The van der Waals surface area contributed by atoms with E-state index in [1.165, 1.54) is 6.07 Å². The van der Waals surface area contributed by atoms with Gasteiger partial charge in [-0.15, -0.1) is 0 Å². The van der Waals surface area contributed by atoms with Crippen LogP contribution in [0.3, 0.4) is 0 Å². The minimum atomic E-state index is -0.644. The highest BCUT2D eigenvalue weighted by atomic mass is 35.5. The molecular weight excluding hydrogens is 257 g/mol. The average molecular weight is 276 g/mol. The predicted molar refractivity (Wildman–Crippen MR) is 74.2 cm³/mol. The number of hydrogen-bond donors (Lipinski definition) is 4. The van der Waals surface area contributed by atoms with Crippen molar-refractivity contribution in [2.24, 2.45) is 5.41 Å². The van der Waals surface area contributed by atoms with E-state index in [2.05, 4.69) is 5.32 Å². The van der Waals surface area contributed by atoms with Crippen LogP contribution in [0.25, 0.3) is 0 Å². The fraction of sp³-hybridized carbons (Fsp3) is 0.500. The summed E-state index contributed by atoms with van der Waals surface area (Å²) in [4.78, 5) is 0. The number of nitrogen functional groups attached to an aromatic ring is 2. The van der Waals surface area contributed by atoms with E-state index < -0.39 is 5.82 Å². The van der Waals surface area contributed by atoms with E-state index in [0.29, 0.717) is 13.0 Å². The monoisotopic (exact) mass is 275 g/mol. The molecule has 1 aromatic carbocycles. The number of aliphatic hydroxyl groups excluding tert-OH is 1. The first kappa shape index (κ1) is 14.9. The molecule has 0 spiro atoms. The van der Waals surface area contributed by atoms with Gasteiger partial charge >= 0.3 is 0 Å². The van der Waals surface area contributed by atoms with Crippen LogP contribution >= 0.6 is 11.6 Å². The van der Waals surface area contributed by atoms with Crippen molar-refractivity contribution in [1.82, 2.24) is 0 Å². The summed E-state index contributed by atoms with van der Waals surface area (Å²) in [7, 11) is 0. The van der Waals surface area contributed by atoms with Crippen LogP contribution in [-0.2, 0) is 0 Å². The van der Waals surface area contributed by atoms with E-state index in [9.17, 15) is 4.39 Å². The van der Waals surface area contributed by atoms with Crippen LogP contribution in [0.15, 0.2) is 6.07 Å². The number of rotatable bonds is 5. The number of anilines is 3. The maximum absolute atomic E-state index is 13.9. The van der Waals surface area contributed by atoms with E-state index in [1.54, 1.807) is 0 Å². The minimum Gasteiger partial charge on any atom is -0.397 e. The Bertz CT molecular complexity index is 438. The van der Waals surface area contributed by atoms with Gasteiger partial charge in [0.25, 0.3) is 0 Å². The minimum absolute atomic E-state index is 0.0785. The highest BCUT2D eigenvalue weighted by molar-refractivity contribution is 6.33. The molecule has 0 amide bonds. The summed E-state index contributed by atoms with van der Waals surface area (Å²) in [6.45, 7) is 4.47. The average Bonchev–Trinajstić information content (AvgIpc) is 2.25. The molecule has 4 nitrogen and oxygen atoms in total. The molecule has 0 radical (unpaired) electrons. The van der Waals surface area contributed by atoms with Gasteiger partial charge < -0.3 is 21.9 Å². The summed E-state index contributed by atoms with van der Waals surface area (Å²) in [5.41, 5.74) is 11.5. The van der Waals surface area contributed by atoms with Gasteiger partial charge in [0.1, 0.15) is 5.02 Å². The van der Waals surface area contributed by atoms with Crippen LogP contribution in [0.1, 0.15) is 20.3 Å². The molecule has 0 fully saturated rings. The molecule has 0 aliphatic rings. The Hall–Kier alpha value is -1.20. The van der Waals surface area contributed by atoms with Gasteiger partial charge in [-0.2, -0.15) is 0 Å². The van der Waals surface area contributed by atoms with Gasteiger partial charge in [0, 0.05) is 13.2 Å². The molecule has 18 heavy (non-hydrogen) atoms. The van der Waals surface area contributed by atoms with E-state index >= 15 is 0 Å². The van der Waals surface area contributed by atoms with Crippen molar-refractivity contribution in [3.05, 3.63) is 16.9 Å². The van der Waals surface area contributed by atoms with Crippen LogP contribution < -0.4 is 16.8 Å². The van der Waals surface area contributed by atoms with E-state index in [0.717, 1.165) is 0 Å². The maximum Gasteiger partial charge on any atom is 0.169 e. The molecule has 0 saturated carbocycles. The Morgan fingerprint density at radius 3 is 2.56 bits per heavy atom.